The smallest absolute Gasteiger partial charge is 0.0138 e. The molecule has 1 saturated carbocycles. The monoisotopic (exact) mass is 182 g/mol. The first-order valence-electron chi connectivity index (χ1n) is 5.82. The summed E-state index contributed by atoms with van der Waals surface area (Å²) in [5.74, 6) is 0.808. The Labute approximate surface area is 81.5 Å². The zero-order valence-corrected chi connectivity index (χ0v) is 8.71. The maximum absolute atomic E-state index is 6.18. The molecule has 1 saturated heterocycles. The van der Waals surface area contributed by atoms with Crippen molar-refractivity contribution in [1.82, 2.24) is 4.90 Å². The standard InChI is InChI=1S/C11H22N2/c1-2-13-8-7-10(12)9-5-3-4-6-11(9)13/h9-11H,2-8,12H2,1H3/t9-,10-,11+/m0/s1. The van der Waals surface area contributed by atoms with Crippen LogP contribution in [0.4, 0.5) is 0 Å². The average molecular weight is 182 g/mol. The van der Waals surface area contributed by atoms with Gasteiger partial charge in [-0.1, -0.05) is 19.8 Å². The molecule has 0 aromatic rings. The van der Waals surface area contributed by atoms with Crippen molar-refractivity contribution in [3.63, 3.8) is 0 Å². The fraction of sp³-hybridized carbons (Fsp3) is 1.00. The third-order valence-electron chi connectivity index (χ3n) is 3.96. The maximum Gasteiger partial charge on any atom is 0.0138 e. The van der Waals surface area contributed by atoms with Crippen molar-refractivity contribution in [3.05, 3.63) is 0 Å². The van der Waals surface area contributed by atoms with Crippen LogP contribution in [0.15, 0.2) is 0 Å². The predicted molar refractivity (Wildman–Crippen MR) is 55.6 cm³/mol. The van der Waals surface area contributed by atoms with Gasteiger partial charge in [0.05, 0.1) is 0 Å². The Balaban J connectivity index is 2.05. The van der Waals surface area contributed by atoms with E-state index in [1.165, 1.54) is 45.2 Å². The topological polar surface area (TPSA) is 29.3 Å². The number of piperidine rings is 1. The van der Waals surface area contributed by atoms with Crippen molar-refractivity contribution < 1.29 is 0 Å². The van der Waals surface area contributed by atoms with Crippen molar-refractivity contribution in [3.8, 4) is 0 Å². The van der Waals surface area contributed by atoms with Crippen molar-refractivity contribution in [2.45, 2.75) is 51.1 Å². The zero-order valence-electron chi connectivity index (χ0n) is 8.71. The summed E-state index contributed by atoms with van der Waals surface area (Å²) in [6, 6.07) is 1.32. The highest BCUT2D eigenvalue weighted by Crippen LogP contribution is 2.34. The largest absolute Gasteiger partial charge is 0.327 e. The molecule has 1 aliphatic heterocycles. The minimum Gasteiger partial charge on any atom is -0.327 e. The van der Waals surface area contributed by atoms with Crippen LogP contribution in [0.25, 0.3) is 0 Å². The number of fused-ring (bicyclic) bond motifs is 1. The van der Waals surface area contributed by atoms with Crippen LogP contribution < -0.4 is 5.73 Å². The summed E-state index contributed by atoms with van der Waals surface area (Å²) in [6.45, 7) is 4.73. The Hall–Kier alpha value is -0.0800. The maximum atomic E-state index is 6.18. The SMILES string of the molecule is CCN1CC[C@H](N)[C@@H]2CCCC[C@H]21. The third-order valence-corrected chi connectivity index (χ3v) is 3.96. The Morgan fingerprint density at radius 2 is 2.00 bits per heavy atom. The summed E-state index contributed by atoms with van der Waals surface area (Å²) in [5, 5.41) is 0. The van der Waals surface area contributed by atoms with Gasteiger partial charge in [-0.25, -0.2) is 0 Å². The van der Waals surface area contributed by atoms with Gasteiger partial charge >= 0.3 is 0 Å². The molecule has 2 N–H and O–H groups in total. The van der Waals surface area contributed by atoms with Gasteiger partial charge in [0.2, 0.25) is 0 Å². The van der Waals surface area contributed by atoms with Crippen molar-refractivity contribution in [2.75, 3.05) is 13.1 Å². The molecule has 2 aliphatic rings. The zero-order chi connectivity index (χ0) is 9.26. The molecule has 13 heavy (non-hydrogen) atoms. The van der Waals surface area contributed by atoms with Gasteiger partial charge in [0.25, 0.3) is 0 Å². The molecule has 1 heterocycles. The first-order valence-corrected chi connectivity index (χ1v) is 5.82. The van der Waals surface area contributed by atoms with Gasteiger partial charge in [-0.15, -0.1) is 0 Å². The Kier molecular flexibility index (Phi) is 2.89. The molecule has 2 fully saturated rings. The van der Waals surface area contributed by atoms with Gasteiger partial charge in [0, 0.05) is 12.1 Å². The lowest BCUT2D eigenvalue weighted by Crippen LogP contribution is -2.54. The molecule has 2 nitrogen and oxygen atoms in total. The molecule has 76 valence electrons. The lowest BCUT2D eigenvalue weighted by atomic mass is 9.76. The predicted octanol–water partition coefficient (Wildman–Crippen LogP) is 1.60. The normalized spacial score (nSPS) is 41.5. The Morgan fingerprint density at radius 3 is 2.77 bits per heavy atom. The second-order valence-corrected chi connectivity index (χ2v) is 4.60. The molecule has 0 aromatic heterocycles. The summed E-state index contributed by atoms with van der Waals surface area (Å²) < 4.78 is 0. The van der Waals surface area contributed by atoms with E-state index in [0.717, 1.165) is 12.0 Å². The van der Waals surface area contributed by atoms with Crippen LogP contribution in [0, 0.1) is 5.92 Å². The van der Waals surface area contributed by atoms with Gasteiger partial charge in [-0.05, 0) is 38.3 Å². The van der Waals surface area contributed by atoms with E-state index in [2.05, 4.69) is 11.8 Å². The lowest BCUT2D eigenvalue weighted by Gasteiger charge is -2.46. The Bertz CT molecular complexity index is 169. The first kappa shape index (κ1) is 9.47. The van der Waals surface area contributed by atoms with E-state index < -0.39 is 0 Å². The molecule has 0 radical (unpaired) electrons. The van der Waals surface area contributed by atoms with E-state index in [-0.39, 0.29) is 0 Å². The molecule has 0 amide bonds. The summed E-state index contributed by atoms with van der Waals surface area (Å²) in [5.41, 5.74) is 6.18. The van der Waals surface area contributed by atoms with Gasteiger partial charge in [-0.3, -0.25) is 0 Å². The second-order valence-electron chi connectivity index (χ2n) is 4.60. The summed E-state index contributed by atoms with van der Waals surface area (Å²) >= 11 is 0. The van der Waals surface area contributed by atoms with Gasteiger partial charge < -0.3 is 10.6 Å². The van der Waals surface area contributed by atoms with E-state index in [1.54, 1.807) is 0 Å². The highest BCUT2D eigenvalue weighted by Gasteiger charge is 2.36. The molecule has 0 unspecified atom stereocenters. The molecule has 2 rings (SSSR count). The molecule has 3 atom stereocenters. The molecule has 0 aromatic carbocycles. The van der Waals surface area contributed by atoms with Gasteiger partial charge in [0.1, 0.15) is 0 Å². The van der Waals surface area contributed by atoms with Crippen LogP contribution in [0.1, 0.15) is 39.0 Å². The summed E-state index contributed by atoms with van der Waals surface area (Å²) in [7, 11) is 0. The van der Waals surface area contributed by atoms with Crippen LogP contribution in [0.3, 0.4) is 0 Å². The van der Waals surface area contributed by atoms with Gasteiger partial charge in [0.15, 0.2) is 0 Å². The van der Waals surface area contributed by atoms with Crippen molar-refractivity contribution in [1.29, 1.82) is 0 Å². The third kappa shape index (κ3) is 1.75. The van der Waals surface area contributed by atoms with Crippen molar-refractivity contribution in [2.24, 2.45) is 11.7 Å². The highest BCUT2D eigenvalue weighted by atomic mass is 15.2. The van der Waals surface area contributed by atoms with E-state index in [1.807, 2.05) is 0 Å². The first-order chi connectivity index (χ1) is 6.33. The van der Waals surface area contributed by atoms with Crippen LogP contribution in [0.5, 0.6) is 0 Å². The van der Waals surface area contributed by atoms with E-state index >= 15 is 0 Å². The number of nitrogens with two attached hydrogens (primary N) is 1. The number of rotatable bonds is 1. The summed E-state index contributed by atoms with van der Waals surface area (Å²) in [6.07, 6.45) is 6.82. The minimum absolute atomic E-state index is 0.494. The number of hydrogen-bond donors (Lipinski definition) is 1. The fourth-order valence-electron chi connectivity index (χ4n) is 3.18. The van der Waals surface area contributed by atoms with E-state index in [9.17, 15) is 0 Å². The number of hydrogen-bond acceptors (Lipinski definition) is 2. The molecular formula is C11H22N2. The van der Waals surface area contributed by atoms with Crippen LogP contribution in [-0.4, -0.2) is 30.1 Å². The molecular weight excluding hydrogens is 160 g/mol. The van der Waals surface area contributed by atoms with E-state index in [4.69, 9.17) is 5.73 Å². The lowest BCUT2D eigenvalue weighted by molar-refractivity contribution is 0.0512. The van der Waals surface area contributed by atoms with Crippen LogP contribution in [-0.2, 0) is 0 Å². The quantitative estimate of drug-likeness (QED) is 0.667. The van der Waals surface area contributed by atoms with Crippen LogP contribution >= 0.6 is 0 Å². The minimum atomic E-state index is 0.494. The number of nitrogens with zero attached hydrogens (tertiary/aromatic N) is 1. The molecule has 0 spiro atoms. The average Bonchev–Trinajstić information content (AvgIpc) is 2.19. The summed E-state index contributed by atoms with van der Waals surface area (Å²) in [4.78, 5) is 2.65. The number of likely N-dealkylation sites (tertiary alicyclic amines) is 1. The molecule has 2 heteroatoms. The van der Waals surface area contributed by atoms with Gasteiger partial charge in [-0.2, -0.15) is 0 Å². The molecule has 0 bridgehead atoms. The highest BCUT2D eigenvalue weighted by molar-refractivity contribution is 4.93. The van der Waals surface area contributed by atoms with E-state index in [0.29, 0.717) is 6.04 Å². The fourth-order valence-corrected chi connectivity index (χ4v) is 3.18. The Morgan fingerprint density at radius 1 is 1.23 bits per heavy atom. The van der Waals surface area contributed by atoms with Crippen molar-refractivity contribution >= 4 is 0 Å². The van der Waals surface area contributed by atoms with Crippen LogP contribution in [0.2, 0.25) is 0 Å². The second kappa shape index (κ2) is 3.97. The molecule has 1 aliphatic carbocycles.